The number of aromatic nitrogens is 3. The highest BCUT2D eigenvalue weighted by Gasteiger charge is 2.09. The first-order valence-corrected chi connectivity index (χ1v) is 8.71. The van der Waals surface area contributed by atoms with Crippen LogP contribution in [0.4, 0.5) is 5.82 Å². The molecular weight excluding hydrogens is 342 g/mol. The third-order valence-electron chi connectivity index (χ3n) is 4.26. The minimum absolute atomic E-state index is 0.267. The highest BCUT2D eigenvalue weighted by molar-refractivity contribution is 5.91. The van der Waals surface area contributed by atoms with Crippen LogP contribution in [0, 0.1) is 0 Å². The zero-order valence-corrected chi connectivity index (χ0v) is 14.6. The van der Waals surface area contributed by atoms with E-state index in [1.165, 1.54) is 17.1 Å². The average molecular weight is 361 g/mol. The molecule has 0 spiro atoms. The van der Waals surface area contributed by atoms with Crippen LogP contribution in [0.3, 0.4) is 0 Å². The van der Waals surface area contributed by atoms with Gasteiger partial charge < -0.3 is 20.0 Å². The number of H-pyrrole nitrogens is 1. The van der Waals surface area contributed by atoms with Gasteiger partial charge in [-0.1, -0.05) is 18.2 Å². The number of benzene rings is 1. The van der Waals surface area contributed by atoms with Gasteiger partial charge in [0.1, 0.15) is 17.3 Å². The Morgan fingerprint density at radius 3 is 2.85 bits per heavy atom. The molecule has 0 aliphatic heterocycles. The lowest BCUT2D eigenvalue weighted by Crippen LogP contribution is -2.23. The van der Waals surface area contributed by atoms with Gasteiger partial charge in [-0.25, -0.2) is 9.97 Å². The maximum atomic E-state index is 12.1. The number of carbonyl (C=O) groups excluding carboxylic acids is 1. The lowest BCUT2D eigenvalue weighted by Gasteiger charge is -2.06. The van der Waals surface area contributed by atoms with Crippen molar-refractivity contribution in [3.63, 3.8) is 0 Å². The molecule has 0 aliphatic rings. The maximum Gasteiger partial charge on any atom is 0.271 e. The summed E-state index contributed by atoms with van der Waals surface area (Å²) < 4.78 is 5.18. The van der Waals surface area contributed by atoms with E-state index in [-0.39, 0.29) is 11.6 Å². The van der Waals surface area contributed by atoms with Gasteiger partial charge in [-0.3, -0.25) is 4.79 Å². The molecule has 0 saturated carbocycles. The molecule has 0 fully saturated rings. The zero-order chi connectivity index (χ0) is 18.5. The van der Waals surface area contributed by atoms with E-state index in [4.69, 9.17) is 4.42 Å². The zero-order valence-electron chi connectivity index (χ0n) is 14.6. The Bertz CT molecular complexity index is 1020. The van der Waals surface area contributed by atoms with Crippen molar-refractivity contribution in [2.45, 2.75) is 13.0 Å². The molecule has 3 heterocycles. The monoisotopic (exact) mass is 361 g/mol. The van der Waals surface area contributed by atoms with Gasteiger partial charge in [0.15, 0.2) is 0 Å². The summed E-state index contributed by atoms with van der Waals surface area (Å²) in [5, 5.41) is 7.20. The highest BCUT2D eigenvalue weighted by atomic mass is 16.3. The van der Waals surface area contributed by atoms with Crippen molar-refractivity contribution in [3.8, 4) is 0 Å². The molecule has 0 radical (unpaired) electrons. The van der Waals surface area contributed by atoms with Crippen LogP contribution >= 0.6 is 0 Å². The van der Waals surface area contributed by atoms with E-state index in [1.54, 1.807) is 24.6 Å². The molecule has 7 nitrogen and oxygen atoms in total. The van der Waals surface area contributed by atoms with E-state index in [0.717, 1.165) is 18.5 Å². The number of hydrogen-bond donors (Lipinski definition) is 3. The summed E-state index contributed by atoms with van der Waals surface area (Å²) in [5.41, 5.74) is 2.65. The predicted molar refractivity (Wildman–Crippen MR) is 102 cm³/mol. The largest absolute Gasteiger partial charge is 0.467 e. The third-order valence-corrected chi connectivity index (χ3v) is 4.26. The first kappa shape index (κ1) is 16.8. The van der Waals surface area contributed by atoms with Crippen LogP contribution in [-0.4, -0.2) is 27.4 Å². The normalized spacial score (nSPS) is 10.8. The van der Waals surface area contributed by atoms with E-state index in [1.807, 2.05) is 18.3 Å². The molecular formula is C20H19N5O2. The Morgan fingerprint density at radius 1 is 1.11 bits per heavy atom. The molecule has 0 unspecified atom stereocenters. The van der Waals surface area contributed by atoms with Crippen molar-refractivity contribution in [2.24, 2.45) is 0 Å². The Hall–Kier alpha value is -3.61. The molecule has 0 bridgehead atoms. The van der Waals surface area contributed by atoms with E-state index >= 15 is 0 Å². The van der Waals surface area contributed by atoms with Gasteiger partial charge in [0.25, 0.3) is 5.91 Å². The second kappa shape index (κ2) is 7.74. The fourth-order valence-electron chi connectivity index (χ4n) is 2.87. The molecule has 1 amide bonds. The lowest BCUT2D eigenvalue weighted by molar-refractivity contribution is 0.0942. The van der Waals surface area contributed by atoms with Crippen LogP contribution < -0.4 is 10.6 Å². The fourth-order valence-corrected chi connectivity index (χ4v) is 2.87. The number of fused-ring (bicyclic) bond motifs is 1. The summed E-state index contributed by atoms with van der Waals surface area (Å²) in [7, 11) is 0. The minimum atomic E-state index is -0.288. The van der Waals surface area contributed by atoms with Gasteiger partial charge >= 0.3 is 0 Å². The van der Waals surface area contributed by atoms with Crippen molar-refractivity contribution in [1.29, 1.82) is 0 Å². The van der Waals surface area contributed by atoms with Crippen LogP contribution in [0.2, 0.25) is 0 Å². The highest BCUT2D eigenvalue weighted by Crippen LogP contribution is 2.18. The number of nitrogens with one attached hydrogen (secondary N) is 3. The number of hydrogen-bond acceptors (Lipinski definition) is 5. The van der Waals surface area contributed by atoms with Crippen molar-refractivity contribution < 1.29 is 9.21 Å². The fraction of sp³-hybridized carbons (Fsp3) is 0.150. The van der Waals surface area contributed by atoms with Gasteiger partial charge in [0, 0.05) is 23.6 Å². The number of aromatic amines is 1. The predicted octanol–water partition coefficient (Wildman–Crippen LogP) is 3.14. The van der Waals surface area contributed by atoms with Gasteiger partial charge in [0.2, 0.25) is 0 Å². The summed E-state index contributed by atoms with van der Waals surface area (Å²) in [4.78, 5) is 23.8. The van der Waals surface area contributed by atoms with E-state index in [0.29, 0.717) is 18.1 Å². The Kier molecular flexibility index (Phi) is 4.82. The maximum absolute atomic E-state index is 12.1. The molecule has 136 valence electrons. The Balaban J connectivity index is 1.29. The van der Waals surface area contributed by atoms with Gasteiger partial charge in [-0.15, -0.1) is 0 Å². The van der Waals surface area contributed by atoms with Crippen molar-refractivity contribution >= 4 is 22.6 Å². The standard InChI is InChI=1S/C20H19N5O2/c26-20(25-11-15-4-3-9-27-15)18-12-24-19(13-23-18)21-8-7-14-10-22-17-6-2-1-5-16(14)17/h1-6,9-10,12-13,22H,7-8,11H2,(H,21,24)(H,25,26). The van der Waals surface area contributed by atoms with Crippen LogP contribution in [0.15, 0.2) is 65.7 Å². The van der Waals surface area contributed by atoms with E-state index < -0.39 is 0 Å². The summed E-state index contributed by atoms with van der Waals surface area (Å²) in [6.07, 6.45) is 7.49. The quantitative estimate of drug-likeness (QED) is 0.470. The molecule has 3 N–H and O–H groups in total. The number of amides is 1. The molecule has 1 aromatic carbocycles. The number of rotatable bonds is 7. The van der Waals surface area contributed by atoms with Crippen LogP contribution in [-0.2, 0) is 13.0 Å². The number of nitrogens with zero attached hydrogens (tertiary/aromatic N) is 2. The minimum Gasteiger partial charge on any atom is -0.467 e. The first-order chi connectivity index (χ1) is 13.3. The van der Waals surface area contributed by atoms with Gasteiger partial charge in [-0.2, -0.15) is 0 Å². The van der Waals surface area contributed by atoms with E-state index in [9.17, 15) is 4.79 Å². The summed E-state index contributed by atoms with van der Waals surface area (Å²) in [6, 6.07) is 11.8. The van der Waals surface area contributed by atoms with Gasteiger partial charge in [0.05, 0.1) is 25.2 Å². The molecule has 0 aliphatic carbocycles. The average Bonchev–Trinajstić information content (AvgIpc) is 3.37. The summed E-state index contributed by atoms with van der Waals surface area (Å²) in [6.45, 7) is 1.04. The molecule has 7 heteroatoms. The molecule has 27 heavy (non-hydrogen) atoms. The molecule has 4 rings (SSSR count). The van der Waals surface area contributed by atoms with E-state index in [2.05, 4.69) is 37.7 Å². The van der Waals surface area contributed by atoms with Crippen LogP contribution in [0.25, 0.3) is 10.9 Å². The Labute approximate surface area is 155 Å². The lowest BCUT2D eigenvalue weighted by atomic mass is 10.1. The van der Waals surface area contributed by atoms with Crippen molar-refractivity contribution in [1.82, 2.24) is 20.3 Å². The second-order valence-electron chi connectivity index (χ2n) is 6.09. The molecule has 0 saturated heterocycles. The van der Waals surface area contributed by atoms with Crippen LogP contribution in [0.1, 0.15) is 21.8 Å². The van der Waals surface area contributed by atoms with Gasteiger partial charge in [-0.05, 0) is 30.2 Å². The summed E-state index contributed by atoms with van der Waals surface area (Å²) >= 11 is 0. The molecule has 4 aromatic rings. The van der Waals surface area contributed by atoms with Crippen molar-refractivity contribution in [2.75, 3.05) is 11.9 Å². The molecule has 0 atom stereocenters. The third kappa shape index (κ3) is 3.98. The first-order valence-electron chi connectivity index (χ1n) is 8.71. The number of furan rings is 1. The number of para-hydroxylation sites is 1. The van der Waals surface area contributed by atoms with Crippen molar-refractivity contribution in [3.05, 3.63) is 78.3 Å². The molecule has 3 aromatic heterocycles. The SMILES string of the molecule is O=C(NCc1ccco1)c1cnc(NCCc2c[nH]c3ccccc23)cn1. The number of carbonyl (C=O) groups is 1. The second-order valence-corrected chi connectivity index (χ2v) is 6.09. The number of anilines is 1. The topological polar surface area (TPSA) is 95.8 Å². The smallest absolute Gasteiger partial charge is 0.271 e. The summed E-state index contributed by atoms with van der Waals surface area (Å²) in [5.74, 6) is 1.04. The van der Waals surface area contributed by atoms with Crippen LogP contribution in [0.5, 0.6) is 0 Å². The Morgan fingerprint density at radius 2 is 2.04 bits per heavy atom.